The monoisotopic (exact) mass is 305 g/mol. The Morgan fingerprint density at radius 2 is 2.00 bits per heavy atom. The zero-order valence-electron chi connectivity index (χ0n) is 13.3. The van der Waals surface area contributed by atoms with Gasteiger partial charge in [-0.1, -0.05) is 42.8 Å². The smallest absolute Gasteiger partial charge is 0.0863 e. The third-order valence-electron chi connectivity index (χ3n) is 3.92. The van der Waals surface area contributed by atoms with E-state index in [0.717, 1.165) is 35.9 Å². The number of hydrogen-bond donors (Lipinski definition) is 1. The molecule has 114 valence electrons. The summed E-state index contributed by atoms with van der Waals surface area (Å²) in [6, 6.07) is 8.75. The molecule has 2 aromatic rings. The number of aromatic nitrogens is 2. The normalized spacial score (nSPS) is 12.6. The quantitative estimate of drug-likeness (QED) is 0.863. The summed E-state index contributed by atoms with van der Waals surface area (Å²) in [5.74, 6) is 0. The van der Waals surface area contributed by atoms with Crippen LogP contribution in [-0.4, -0.2) is 9.78 Å². The summed E-state index contributed by atoms with van der Waals surface area (Å²) in [4.78, 5) is 0. The highest BCUT2D eigenvalue weighted by molar-refractivity contribution is 6.31. The molecular weight excluding hydrogens is 282 g/mol. The van der Waals surface area contributed by atoms with Crippen molar-refractivity contribution in [2.75, 3.05) is 0 Å². The van der Waals surface area contributed by atoms with Crippen LogP contribution < -0.4 is 5.32 Å². The summed E-state index contributed by atoms with van der Waals surface area (Å²) >= 11 is 6.45. The Hall–Kier alpha value is -1.32. The molecule has 1 aromatic heterocycles. The molecule has 0 saturated heterocycles. The second kappa shape index (κ2) is 7.10. The van der Waals surface area contributed by atoms with Gasteiger partial charge in [0.1, 0.15) is 0 Å². The molecule has 0 fully saturated rings. The van der Waals surface area contributed by atoms with Crippen molar-refractivity contribution in [1.82, 2.24) is 15.1 Å². The SMILES string of the molecule is CCc1nn(CC)c(CNC(C)c2ccccc2C)c1Cl. The van der Waals surface area contributed by atoms with Gasteiger partial charge in [-0.15, -0.1) is 0 Å². The van der Waals surface area contributed by atoms with Crippen LogP contribution in [-0.2, 0) is 19.5 Å². The van der Waals surface area contributed by atoms with Gasteiger partial charge < -0.3 is 5.32 Å². The molecule has 1 unspecified atom stereocenters. The maximum absolute atomic E-state index is 6.45. The molecular formula is C17H24ClN3. The molecule has 21 heavy (non-hydrogen) atoms. The van der Waals surface area contributed by atoms with E-state index >= 15 is 0 Å². The molecule has 2 rings (SSSR count). The predicted molar refractivity (Wildman–Crippen MR) is 88.7 cm³/mol. The number of benzene rings is 1. The number of rotatable bonds is 6. The average Bonchev–Trinajstić information content (AvgIpc) is 2.80. The first-order chi connectivity index (χ1) is 10.1. The summed E-state index contributed by atoms with van der Waals surface area (Å²) < 4.78 is 2.00. The highest BCUT2D eigenvalue weighted by Crippen LogP contribution is 2.23. The molecule has 0 spiro atoms. The van der Waals surface area contributed by atoms with E-state index in [2.05, 4.69) is 62.4 Å². The zero-order chi connectivity index (χ0) is 15.4. The average molecular weight is 306 g/mol. The van der Waals surface area contributed by atoms with Gasteiger partial charge in [-0.05, 0) is 38.3 Å². The molecule has 0 aliphatic carbocycles. The Morgan fingerprint density at radius 1 is 1.29 bits per heavy atom. The number of nitrogens with zero attached hydrogens (tertiary/aromatic N) is 2. The van der Waals surface area contributed by atoms with Crippen LogP contribution in [0.3, 0.4) is 0 Å². The van der Waals surface area contributed by atoms with E-state index in [4.69, 9.17) is 11.6 Å². The van der Waals surface area contributed by atoms with Gasteiger partial charge in [0.05, 0.1) is 16.4 Å². The predicted octanol–water partition coefficient (Wildman–Crippen LogP) is 4.28. The van der Waals surface area contributed by atoms with Gasteiger partial charge >= 0.3 is 0 Å². The maximum Gasteiger partial charge on any atom is 0.0863 e. The summed E-state index contributed by atoms with van der Waals surface area (Å²) in [7, 11) is 0. The number of hydrogen-bond acceptors (Lipinski definition) is 2. The Bertz CT molecular complexity index is 604. The summed E-state index contributed by atoms with van der Waals surface area (Å²) in [5, 5.41) is 8.93. The van der Waals surface area contributed by atoms with Crippen molar-refractivity contribution < 1.29 is 0 Å². The molecule has 0 aliphatic heterocycles. The van der Waals surface area contributed by atoms with Crippen molar-refractivity contribution in [2.24, 2.45) is 0 Å². The lowest BCUT2D eigenvalue weighted by atomic mass is 10.0. The second-order valence-corrected chi connectivity index (χ2v) is 5.71. The Morgan fingerprint density at radius 3 is 2.62 bits per heavy atom. The Balaban J connectivity index is 2.13. The standard InChI is InChI=1S/C17H24ClN3/c1-5-15-17(18)16(21(6-2)20-15)11-19-13(4)14-10-8-7-9-12(14)3/h7-10,13,19H,5-6,11H2,1-4H3. The van der Waals surface area contributed by atoms with Crippen LogP contribution in [0.25, 0.3) is 0 Å². The van der Waals surface area contributed by atoms with Gasteiger partial charge in [0, 0.05) is 19.1 Å². The number of halogens is 1. The lowest BCUT2D eigenvalue weighted by Crippen LogP contribution is -2.21. The maximum atomic E-state index is 6.45. The first kappa shape index (κ1) is 16.1. The summed E-state index contributed by atoms with van der Waals surface area (Å²) in [5.41, 5.74) is 4.70. The first-order valence-electron chi connectivity index (χ1n) is 7.61. The third-order valence-corrected chi connectivity index (χ3v) is 4.36. The van der Waals surface area contributed by atoms with Crippen molar-refractivity contribution in [3.63, 3.8) is 0 Å². The highest BCUT2D eigenvalue weighted by atomic mass is 35.5. The van der Waals surface area contributed by atoms with E-state index in [1.54, 1.807) is 0 Å². The lowest BCUT2D eigenvalue weighted by Gasteiger charge is -2.17. The van der Waals surface area contributed by atoms with E-state index in [0.29, 0.717) is 0 Å². The van der Waals surface area contributed by atoms with Crippen LogP contribution in [0.1, 0.15) is 49.3 Å². The van der Waals surface area contributed by atoms with Crippen molar-refractivity contribution in [1.29, 1.82) is 0 Å². The van der Waals surface area contributed by atoms with Crippen LogP contribution in [0.4, 0.5) is 0 Å². The highest BCUT2D eigenvalue weighted by Gasteiger charge is 2.15. The largest absolute Gasteiger partial charge is 0.305 e. The van der Waals surface area contributed by atoms with Gasteiger partial charge in [0.25, 0.3) is 0 Å². The van der Waals surface area contributed by atoms with Gasteiger partial charge in [0.15, 0.2) is 0 Å². The minimum Gasteiger partial charge on any atom is -0.305 e. The Kier molecular flexibility index (Phi) is 5.43. The van der Waals surface area contributed by atoms with Crippen LogP contribution in [0.2, 0.25) is 5.02 Å². The number of nitrogens with one attached hydrogen (secondary N) is 1. The van der Waals surface area contributed by atoms with Crippen LogP contribution >= 0.6 is 11.6 Å². The van der Waals surface area contributed by atoms with Crippen molar-refractivity contribution >= 4 is 11.6 Å². The minimum atomic E-state index is 0.285. The van der Waals surface area contributed by atoms with E-state index < -0.39 is 0 Å². The molecule has 3 nitrogen and oxygen atoms in total. The van der Waals surface area contributed by atoms with Crippen LogP contribution in [0.5, 0.6) is 0 Å². The van der Waals surface area contributed by atoms with Gasteiger partial charge in [0.2, 0.25) is 0 Å². The number of aryl methyl sites for hydroxylation is 3. The van der Waals surface area contributed by atoms with Crippen molar-refractivity contribution in [2.45, 2.75) is 53.2 Å². The molecule has 0 bridgehead atoms. The van der Waals surface area contributed by atoms with Gasteiger partial charge in [-0.3, -0.25) is 4.68 Å². The van der Waals surface area contributed by atoms with E-state index in [-0.39, 0.29) is 6.04 Å². The van der Waals surface area contributed by atoms with E-state index in [1.807, 2.05) is 4.68 Å². The third kappa shape index (κ3) is 3.47. The van der Waals surface area contributed by atoms with Gasteiger partial charge in [-0.25, -0.2) is 0 Å². The molecule has 0 radical (unpaired) electrons. The van der Waals surface area contributed by atoms with E-state index in [9.17, 15) is 0 Å². The fraction of sp³-hybridized carbons (Fsp3) is 0.471. The topological polar surface area (TPSA) is 29.9 Å². The first-order valence-corrected chi connectivity index (χ1v) is 7.99. The fourth-order valence-corrected chi connectivity index (χ4v) is 2.95. The molecule has 1 atom stereocenters. The summed E-state index contributed by atoms with van der Waals surface area (Å²) in [6.45, 7) is 10.1. The lowest BCUT2D eigenvalue weighted by molar-refractivity contribution is 0.529. The molecule has 1 aromatic carbocycles. The van der Waals surface area contributed by atoms with Crippen LogP contribution in [0, 0.1) is 6.92 Å². The van der Waals surface area contributed by atoms with E-state index in [1.165, 1.54) is 11.1 Å². The van der Waals surface area contributed by atoms with Crippen LogP contribution in [0.15, 0.2) is 24.3 Å². The van der Waals surface area contributed by atoms with Crippen molar-refractivity contribution in [3.05, 3.63) is 51.8 Å². The summed E-state index contributed by atoms with van der Waals surface area (Å²) in [6.07, 6.45) is 0.867. The molecule has 1 heterocycles. The molecule has 0 saturated carbocycles. The van der Waals surface area contributed by atoms with Gasteiger partial charge in [-0.2, -0.15) is 5.10 Å². The van der Waals surface area contributed by atoms with Crippen molar-refractivity contribution in [3.8, 4) is 0 Å². The molecule has 4 heteroatoms. The fourth-order valence-electron chi connectivity index (χ4n) is 2.62. The zero-order valence-corrected chi connectivity index (χ0v) is 14.0. The molecule has 1 N–H and O–H groups in total. The molecule has 0 amide bonds. The second-order valence-electron chi connectivity index (χ2n) is 5.34. The minimum absolute atomic E-state index is 0.285. The molecule has 0 aliphatic rings. The Labute approximate surface area is 132 Å².